The van der Waals surface area contributed by atoms with Crippen molar-refractivity contribution in [2.24, 2.45) is 4.99 Å². The first-order valence-corrected chi connectivity index (χ1v) is 8.67. The minimum Gasteiger partial charge on any atom is -0.325 e. The predicted octanol–water partition coefficient (Wildman–Crippen LogP) is 3.81. The topological polar surface area (TPSA) is 108 Å². The highest BCUT2D eigenvalue weighted by atomic mass is 32.2. The number of hydrogen-bond donors (Lipinski definition) is 1. The summed E-state index contributed by atoms with van der Waals surface area (Å²) in [6.07, 6.45) is 0.562. The molecule has 2 aromatic carbocycles. The van der Waals surface area contributed by atoms with Crippen molar-refractivity contribution in [3.8, 4) is 6.07 Å². The number of carbonyl (C=O) groups is 1. The molecule has 26 heavy (non-hydrogen) atoms. The summed E-state index contributed by atoms with van der Waals surface area (Å²) in [5.74, 6) is -0.177. The standard InChI is InChI=1S/C18H14N4O3S/c1-11(18(23)20-14-5-2-12(10-19)3-6-14)26-17-8-13-4-7-15(22(24)25)9-16(13)21-17/h2-7,9,11H,8H2,1H3,(H,20,23). The maximum absolute atomic E-state index is 12.3. The van der Waals surface area contributed by atoms with Gasteiger partial charge >= 0.3 is 0 Å². The molecule has 1 heterocycles. The Morgan fingerprint density at radius 2 is 2.08 bits per heavy atom. The number of anilines is 1. The number of hydrogen-bond acceptors (Lipinski definition) is 6. The normalized spacial score (nSPS) is 13.3. The molecule has 1 aliphatic heterocycles. The molecule has 0 spiro atoms. The van der Waals surface area contributed by atoms with Gasteiger partial charge in [0.1, 0.15) is 0 Å². The van der Waals surface area contributed by atoms with E-state index in [1.54, 1.807) is 37.3 Å². The molecule has 0 radical (unpaired) electrons. The van der Waals surface area contributed by atoms with E-state index < -0.39 is 4.92 Å². The molecule has 1 amide bonds. The van der Waals surface area contributed by atoms with Crippen LogP contribution in [-0.4, -0.2) is 21.1 Å². The van der Waals surface area contributed by atoms with Gasteiger partial charge in [0.25, 0.3) is 5.69 Å². The summed E-state index contributed by atoms with van der Waals surface area (Å²) >= 11 is 1.33. The van der Waals surface area contributed by atoms with Crippen LogP contribution in [0, 0.1) is 21.4 Å². The van der Waals surface area contributed by atoms with Crippen molar-refractivity contribution in [2.45, 2.75) is 18.6 Å². The van der Waals surface area contributed by atoms with Gasteiger partial charge in [0, 0.05) is 24.2 Å². The first-order chi connectivity index (χ1) is 12.5. The molecule has 1 N–H and O–H groups in total. The molecule has 3 rings (SSSR count). The number of thioether (sulfide) groups is 1. The molecule has 1 aliphatic rings. The van der Waals surface area contributed by atoms with Crippen molar-refractivity contribution >= 4 is 39.8 Å². The third-order valence-electron chi connectivity index (χ3n) is 3.83. The predicted molar refractivity (Wildman–Crippen MR) is 101 cm³/mol. The number of rotatable bonds is 4. The average molecular weight is 366 g/mol. The molecule has 0 aliphatic carbocycles. The van der Waals surface area contributed by atoms with E-state index in [1.165, 1.54) is 23.9 Å². The third-order valence-corrected chi connectivity index (χ3v) is 4.91. The van der Waals surface area contributed by atoms with E-state index in [2.05, 4.69) is 10.3 Å². The Balaban J connectivity index is 1.63. The summed E-state index contributed by atoms with van der Waals surface area (Å²) in [5.41, 5.74) is 2.65. The SMILES string of the molecule is CC(SC1=Nc2cc([N+](=O)[O-])ccc2C1)C(=O)Nc1ccc(C#N)cc1. The van der Waals surface area contributed by atoms with Gasteiger partial charge in [-0.1, -0.05) is 11.8 Å². The Labute approximate surface area is 153 Å². The fourth-order valence-electron chi connectivity index (χ4n) is 2.45. The lowest BCUT2D eigenvalue weighted by atomic mass is 10.1. The lowest BCUT2D eigenvalue weighted by molar-refractivity contribution is -0.384. The highest BCUT2D eigenvalue weighted by Gasteiger charge is 2.22. The number of amides is 1. The number of benzene rings is 2. The summed E-state index contributed by atoms with van der Waals surface area (Å²) in [6.45, 7) is 1.78. The van der Waals surface area contributed by atoms with E-state index >= 15 is 0 Å². The Morgan fingerprint density at radius 1 is 1.35 bits per heavy atom. The van der Waals surface area contributed by atoms with Crippen LogP contribution < -0.4 is 5.32 Å². The second kappa shape index (κ2) is 7.37. The van der Waals surface area contributed by atoms with Crippen LogP contribution in [0.2, 0.25) is 0 Å². The van der Waals surface area contributed by atoms with Gasteiger partial charge in [-0.3, -0.25) is 14.9 Å². The Morgan fingerprint density at radius 3 is 2.73 bits per heavy atom. The number of nitrogens with zero attached hydrogens (tertiary/aromatic N) is 3. The number of nitriles is 1. The van der Waals surface area contributed by atoms with Crippen LogP contribution in [-0.2, 0) is 11.2 Å². The van der Waals surface area contributed by atoms with Gasteiger partial charge in [-0.25, -0.2) is 4.99 Å². The number of nitrogens with one attached hydrogen (secondary N) is 1. The smallest absolute Gasteiger partial charge is 0.271 e. The summed E-state index contributed by atoms with van der Waals surface area (Å²) < 4.78 is 0. The second-order valence-electron chi connectivity index (χ2n) is 5.69. The van der Waals surface area contributed by atoms with Crippen LogP contribution in [0.5, 0.6) is 0 Å². The van der Waals surface area contributed by atoms with Crippen molar-refractivity contribution < 1.29 is 9.72 Å². The fraction of sp³-hybridized carbons (Fsp3) is 0.167. The molecule has 8 heteroatoms. The Kier molecular flexibility index (Phi) is 5.00. The number of non-ortho nitro benzene ring substituents is 1. The Bertz CT molecular complexity index is 948. The van der Waals surface area contributed by atoms with Crippen LogP contribution in [0.15, 0.2) is 47.5 Å². The first-order valence-electron chi connectivity index (χ1n) is 7.79. The molecule has 0 bridgehead atoms. The third kappa shape index (κ3) is 3.90. The van der Waals surface area contributed by atoms with Gasteiger partial charge in [-0.05, 0) is 42.8 Å². The monoisotopic (exact) mass is 366 g/mol. The lowest BCUT2D eigenvalue weighted by Crippen LogP contribution is -2.23. The number of carbonyl (C=O) groups excluding carboxylic acids is 1. The zero-order valence-electron chi connectivity index (χ0n) is 13.8. The fourth-order valence-corrected chi connectivity index (χ4v) is 3.42. The van der Waals surface area contributed by atoms with Gasteiger partial charge < -0.3 is 5.32 Å². The molecule has 1 atom stereocenters. The molecule has 0 saturated carbocycles. The summed E-state index contributed by atoms with van der Waals surface area (Å²) in [5, 5.41) is 22.8. The van der Waals surface area contributed by atoms with Crippen molar-refractivity contribution in [3.05, 3.63) is 63.7 Å². The molecule has 130 valence electrons. The van der Waals surface area contributed by atoms with Crippen molar-refractivity contribution in [3.63, 3.8) is 0 Å². The number of fused-ring (bicyclic) bond motifs is 1. The highest BCUT2D eigenvalue weighted by Crippen LogP contribution is 2.34. The van der Waals surface area contributed by atoms with E-state index in [4.69, 9.17) is 5.26 Å². The molecule has 1 unspecified atom stereocenters. The quantitative estimate of drug-likeness (QED) is 0.654. The van der Waals surface area contributed by atoms with Gasteiger partial charge in [0.2, 0.25) is 5.91 Å². The minimum absolute atomic E-state index is 0.00496. The largest absolute Gasteiger partial charge is 0.325 e. The van der Waals surface area contributed by atoms with Gasteiger partial charge in [0.05, 0.1) is 32.5 Å². The zero-order chi connectivity index (χ0) is 18.7. The number of aliphatic imine (C=N–C) groups is 1. The maximum Gasteiger partial charge on any atom is 0.271 e. The summed E-state index contributed by atoms with van der Waals surface area (Å²) in [6, 6.07) is 13.3. The van der Waals surface area contributed by atoms with Gasteiger partial charge in [-0.15, -0.1) is 0 Å². The molecule has 2 aromatic rings. The molecule has 7 nitrogen and oxygen atoms in total. The van der Waals surface area contributed by atoms with Crippen molar-refractivity contribution in [1.82, 2.24) is 0 Å². The van der Waals surface area contributed by atoms with Crippen molar-refractivity contribution in [1.29, 1.82) is 5.26 Å². The lowest BCUT2D eigenvalue weighted by Gasteiger charge is -2.11. The molecule has 0 saturated heterocycles. The van der Waals surface area contributed by atoms with Crippen LogP contribution in [0.1, 0.15) is 18.1 Å². The van der Waals surface area contributed by atoms with E-state index in [-0.39, 0.29) is 16.8 Å². The highest BCUT2D eigenvalue weighted by molar-refractivity contribution is 8.15. The van der Waals surface area contributed by atoms with Crippen LogP contribution >= 0.6 is 11.8 Å². The summed E-state index contributed by atoms with van der Waals surface area (Å²) in [7, 11) is 0. The van der Waals surface area contributed by atoms with E-state index in [1.807, 2.05) is 6.07 Å². The number of nitro benzene ring substituents is 1. The van der Waals surface area contributed by atoms with Gasteiger partial charge in [-0.2, -0.15) is 5.26 Å². The van der Waals surface area contributed by atoms with E-state index in [9.17, 15) is 14.9 Å². The molecule has 0 aromatic heterocycles. The van der Waals surface area contributed by atoms with Crippen molar-refractivity contribution in [2.75, 3.05) is 5.32 Å². The van der Waals surface area contributed by atoms with Gasteiger partial charge in [0.15, 0.2) is 0 Å². The molecule has 0 fully saturated rings. The minimum atomic E-state index is -0.450. The van der Waals surface area contributed by atoms with Crippen LogP contribution in [0.4, 0.5) is 17.1 Å². The second-order valence-corrected chi connectivity index (χ2v) is 7.10. The maximum atomic E-state index is 12.3. The first kappa shape index (κ1) is 17.6. The average Bonchev–Trinajstić information content (AvgIpc) is 3.03. The molecular weight excluding hydrogens is 352 g/mol. The van der Waals surface area contributed by atoms with E-state index in [0.29, 0.717) is 23.4 Å². The summed E-state index contributed by atoms with van der Waals surface area (Å²) in [4.78, 5) is 27.1. The number of nitro groups is 1. The van der Waals surface area contributed by atoms with Crippen LogP contribution in [0.3, 0.4) is 0 Å². The van der Waals surface area contributed by atoms with Crippen LogP contribution in [0.25, 0.3) is 0 Å². The van der Waals surface area contributed by atoms with E-state index in [0.717, 1.165) is 10.6 Å². The zero-order valence-corrected chi connectivity index (χ0v) is 14.6. The Hall–Kier alpha value is -3.18. The molecular formula is C18H14N4O3S.